The van der Waals surface area contributed by atoms with Crippen LogP contribution < -0.4 is 10.1 Å². The van der Waals surface area contributed by atoms with Crippen molar-refractivity contribution in [3.05, 3.63) is 35.6 Å². The second kappa shape index (κ2) is 7.32. The molecule has 2 atom stereocenters. The molecule has 1 saturated heterocycles. The highest BCUT2D eigenvalue weighted by Crippen LogP contribution is 2.46. The highest BCUT2D eigenvalue weighted by molar-refractivity contribution is 5.70. The van der Waals surface area contributed by atoms with Gasteiger partial charge in [0.05, 0.1) is 12.7 Å². The maximum Gasteiger partial charge on any atom is 0.573 e. The minimum atomic E-state index is -4.77. The Balaban J connectivity index is 1.40. The molecule has 0 radical (unpaired) electrons. The number of benzene rings is 1. The molecule has 5 nitrogen and oxygen atoms in total. The van der Waals surface area contributed by atoms with E-state index in [1.807, 2.05) is 0 Å². The number of alkyl halides is 3. The van der Waals surface area contributed by atoms with E-state index in [0.717, 1.165) is 50.1 Å². The van der Waals surface area contributed by atoms with Crippen LogP contribution in [0.4, 0.5) is 13.2 Å². The molecule has 1 aromatic carbocycles. The van der Waals surface area contributed by atoms with Crippen molar-refractivity contribution in [1.29, 1.82) is 0 Å². The van der Waals surface area contributed by atoms with E-state index in [4.69, 9.17) is 9.26 Å². The van der Waals surface area contributed by atoms with E-state index in [1.54, 1.807) is 12.1 Å². The second-order valence-electron chi connectivity index (χ2n) is 8.28. The van der Waals surface area contributed by atoms with Gasteiger partial charge >= 0.3 is 6.36 Å². The van der Waals surface area contributed by atoms with Crippen molar-refractivity contribution in [1.82, 2.24) is 10.5 Å². The predicted molar refractivity (Wildman–Crippen MR) is 98.3 cm³/mol. The summed E-state index contributed by atoms with van der Waals surface area (Å²) in [6.07, 6.45) is -0.562. The number of para-hydroxylation sites is 1. The monoisotopic (exact) mass is 408 g/mol. The van der Waals surface area contributed by atoms with Crippen molar-refractivity contribution in [2.75, 3.05) is 13.1 Å². The van der Waals surface area contributed by atoms with E-state index in [1.165, 1.54) is 12.1 Å². The molecule has 2 heterocycles. The Kier molecular flexibility index (Phi) is 4.78. The summed E-state index contributed by atoms with van der Waals surface area (Å²) in [5.74, 6) is 2.05. The third-order valence-electron chi connectivity index (χ3n) is 6.21. The number of rotatable bonds is 6. The molecule has 1 aromatic heterocycles. The topological polar surface area (TPSA) is 56.5 Å². The number of fused-ring (bicyclic) bond motifs is 1. The van der Waals surface area contributed by atoms with Crippen LogP contribution in [0.5, 0.6) is 5.75 Å². The first-order valence-corrected chi connectivity index (χ1v) is 10.1. The van der Waals surface area contributed by atoms with E-state index in [-0.39, 0.29) is 23.3 Å². The van der Waals surface area contributed by atoms with Crippen LogP contribution in [0.2, 0.25) is 0 Å². The van der Waals surface area contributed by atoms with Gasteiger partial charge in [0.15, 0.2) is 0 Å². The van der Waals surface area contributed by atoms with Crippen LogP contribution in [0.1, 0.15) is 42.9 Å². The average Bonchev–Trinajstić information content (AvgIpc) is 3.08. The quantitative estimate of drug-likeness (QED) is 0.755. The van der Waals surface area contributed by atoms with Gasteiger partial charge in [-0.2, -0.15) is 0 Å². The molecule has 2 aliphatic carbocycles. The van der Waals surface area contributed by atoms with Crippen LogP contribution in [-0.4, -0.2) is 30.7 Å². The first-order valence-electron chi connectivity index (χ1n) is 10.1. The molecule has 1 N–H and O–H groups in total. The van der Waals surface area contributed by atoms with Crippen molar-refractivity contribution >= 4 is 0 Å². The summed E-state index contributed by atoms with van der Waals surface area (Å²) in [6.45, 7) is 2.37. The fraction of sp³-hybridized carbons (Fsp3) is 0.571. The molecule has 5 rings (SSSR count). The van der Waals surface area contributed by atoms with Gasteiger partial charge in [-0.1, -0.05) is 17.3 Å². The van der Waals surface area contributed by atoms with E-state index in [9.17, 15) is 13.2 Å². The number of nitrogens with one attached hydrogen (secondary N) is 1. The Morgan fingerprint density at radius 1 is 1.10 bits per heavy atom. The number of hydrogen-bond donors (Lipinski definition) is 1. The molecule has 0 bridgehead atoms. The Bertz CT molecular complexity index is 866. The Hall–Kier alpha value is -2.06. The molecule has 0 amide bonds. The maximum absolute atomic E-state index is 12.9. The fourth-order valence-corrected chi connectivity index (χ4v) is 4.66. The molecule has 2 saturated carbocycles. The molecule has 156 valence electrons. The maximum atomic E-state index is 12.9. The molecule has 1 aliphatic heterocycles. The number of ether oxygens (including phenoxy) is 2. The van der Waals surface area contributed by atoms with Crippen molar-refractivity contribution in [2.24, 2.45) is 11.8 Å². The zero-order valence-electron chi connectivity index (χ0n) is 15.9. The van der Waals surface area contributed by atoms with E-state index in [2.05, 4.69) is 15.2 Å². The van der Waals surface area contributed by atoms with Gasteiger partial charge in [0.25, 0.3) is 0 Å². The molecule has 3 fully saturated rings. The van der Waals surface area contributed by atoms with E-state index >= 15 is 0 Å². The molecule has 0 spiro atoms. The standard InChI is InChI=1S/C21H23F3N2O3/c22-21(23,24)28-18-4-2-1-3-16(18)19-17(20(29-26-19)12-5-6-12)11-27-15-7-13-9-25-10-14(13)8-15/h1-4,12-15,25H,5-11H2. The van der Waals surface area contributed by atoms with Gasteiger partial charge in [-0.05, 0) is 62.7 Å². The average molecular weight is 408 g/mol. The van der Waals surface area contributed by atoms with Gasteiger partial charge in [-0.3, -0.25) is 0 Å². The third kappa shape index (κ3) is 4.00. The number of aromatic nitrogens is 1. The zero-order valence-corrected chi connectivity index (χ0v) is 15.9. The summed E-state index contributed by atoms with van der Waals surface area (Å²) < 4.78 is 54.6. The van der Waals surface area contributed by atoms with Crippen molar-refractivity contribution in [2.45, 2.75) is 50.7 Å². The minimum Gasteiger partial charge on any atom is -0.405 e. The van der Waals surface area contributed by atoms with Crippen LogP contribution >= 0.6 is 0 Å². The Morgan fingerprint density at radius 3 is 2.52 bits per heavy atom. The molecule has 2 unspecified atom stereocenters. The van der Waals surface area contributed by atoms with Gasteiger partial charge in [-0.25, -0.2) is 0 Å². The molecule has 29 heavy (non-hydrogen) atoms. The smallest absolute Gasteiger partial charge is 0.405 e. The highest BCUT2D eigenvalue weighted by atomic mass is 19.4. The van der Waals surface area contributed by atoms with Crippen LogP contribution in [0.25, 0.3) is 11.3 Å². The van der Waals surface area contributed by atoms with Crippen molar-refractivity contribution in [3.8, 4) is 17.0 Å². The van der Waals surface area contributed by atoms with Gasteiger partial charge in [0, 0.05) is 17.0 Å². The fourth-order valence-electron chi connectivity index (χ4n) is 4.66. The minimum absolute atomic E-state index is 0.170. The summed E-state index contributed by atoms with van der Waals surface area (Å²) in [7, 11) is 0. The summed E-state index contributed by atoms with van der Waals surface area (Å²) in [5, 5.41) is 7.54. The van der Waals surface area contributed by atoms with Crippen molar-refractivity contribution in [3.63, 3.8) is 0 Å². The SMILES string of the molecule is FC(F)(F)Oc1ccccc1-c1noc(C2CC2)c1COC1CC2CNCC2C1. The Labute approximate surface area is 166 Å². The lowest BCUT2D eigenvalue weighted by Crippen LogP contribution is -2.18. The van der Waals surface area contributed by atoms with Gasteiger partial charge in [-0.15, -0.1) is 13.2 Å². The molecular formula is C21H23F3N2O3. The zero-order chi connectivity index (χ0) is 20.0. The summed E-state index contributed by atoms with van der Waals surface area (Å²) in [5.41, 5.74) is 1.40. The molecule has 8 heteroatoms. The number of hydrogen-bond acceptors (Lipinski definition) is 5. The van der Waals surface area contributed by atoms with Gasteiger partial charge < -0.3 is 19.3 Å². The van der Waals surface area contributed by atoms with Crippen LogP contribution in [0.3, 0.4) is 0 Å². The second-order valence-corrected chi connectivity index (χ2v) is 8.28. The number of halogens is 3. The first-order chi connectivity index (χ1) is 14.0. The molecule has 3 aliphatic rings. The highest BCUT2D eigenvalue weighted by Gasteiger charge is 2.39. The van der Waals surface area contributed by atoms with Gasteiger partial charge in [0.1, 0.15) is 17.2 Å². The van der Waals surface area contributed by atoms with E-state index < -0.39 is 6.36 Å². The first kappa shape index (κ1) is 18.9. The Morgan fingerprint density at radius 2 is 1.83 bits per heavy atom. The largest absolute Gasteiger partial charge is 0.573 e. The summed E-state index contributed by atoms with van der Waals surface area (Å²) in [6, 6.07) is 6.04. The lowest BCUT2D eigenvalue weighted by molar-refractivity contribution is -0.274. The lowest BCUT2D eigenvalue weighted by Gasteiger charge is -2.15. The normalized spacial score (nSPS) is 26.7. The predicted octanol–water partition coefficient (Wildman–Crippen LogP) is 4.63. The van der Waals surface area contributed by atoms with Gasteiger partial charge in [0.2, 0.25) is 0 Å². The van der Waals surface area contributed by atoms with Crippen molar-refractivity contribution < 1.29 is 27.2 Å². The summed E-state index contributed by atoms with van der Waals surface area (Å²) >= 11 is 0. The molecule has 2 aromatic rings. The van der Waals surface area contributed by atoms with Crippen LogP contribution in [0, 0.1) is 11.8 Å². The van der Waals surface area contributed by atoms with Crippen LogP contribution in [0.15, 0.2) is 28.8 Å². The van der Waals surface area contributed by atoms with Crippen LogP contribution in [-0.2, 0) is 11.3 Å². The summed E-state index contributed by atoms with van der Waals surface area (Å²) in [4.78, 5) is 0. The van der Waals surface area contributed by atoms with E-state index in [0.29, 0.717) is 24.1 Å². The molecular weight excluding hydrogens is 385 g/mol. The lowest BCUT2D eigenvalue weighted by atomic mass is 10.0. The number of nitrogens with zero attached hydrogens (tertiary/aromatic N) is 1. The third-order valence-corrected chi connectivity index (χ3v) is 6.21.